The number of rotatable bonds is 4. The molecule has 2 rings (SSSR count). The highest BCUT2D eigenvalue weighted by molar-refractivity contribution is 5.32. The van der Waals surface area contributed by atoms with Gasteiger partial charge in [-0.3, -0.25) is 0 Å². The van der Waals surface area contributed by atoms with Crippen LogP contribution in [-0.4, -0.2) is 28.7 Å². The maximum atomic E-state index is 6.17. The summed E-state index contributed by atoms with van der Waals surface area (Å²) in [6.07, 6.45) is 7.14. The molecule has 5 nitrogen and oxygen atoms in total. The molecule has 2 N–H and O–H groups in total. The van der Waals surface area contributed by atoms with Gasteiger partial charge in [-0.1, -0.05) is 12.8 Å². The van der Waals surface area contributed by atoms with Gasteiger partial charge in [0.05, 0.1) is 12.2 Å². The molecule has 0 aliphatic heterocycles. The molecule has 0 saturated heterocycles. The molecule has 0 amide bonds. The van der Waals surface area contributed by atoms with Gasteiger partial charge in [-0.05, 0) is 33.1 Å². The maximum absolute atomic E-state index is 6.17. The molecule has 1 saturated carbocycles. The van der Waals surface area contributed by atoms with Crippen LogP contribution in [0.3, 0.4) is 0 Å². The minimum absolute atomic E-state index is 0.0468. The van der Waals surface area contributed by atoms with Crippen molar-refractivity contribution in [2.75, 3.05) is 6.61 Å². The van der Waals surface area contributed by atoms with E-state index < -0.39 is 0 Å². The van der Waals surface area contributed by atoms with Crippen molar-refractivity contribution in [3.05, 3.63) is 11.9 Å². The topological polar surface area (TPSA) is 70.3 Å². The summed E-state index contributed by atoms with van der Waals surface area (Å²) in [5.74, 6) is 1.19. The summed E-state index contributed by atoms with van der Waals surface area (Å²) >= 11 is 0. The summed E-state index contributed by atoms with van der Waals surface area (Å²) in [7, 11) is 0. The first-order valence-corrected chi connectivity index (χ1v) is 7.09. The zero-order valence-electron chi connectivity index (χ0n) is 11.8. The van der Waals surface area contributed by atoms with Gasteiger partial charge in [0, 0.05) is 6.04 Å². The summed E-state index contributed by atoms with van der Waals surface area (Å²) in [6, 6.07) is 0.0902. The van der Waals surface area contributed by atoms with Crippen molar-refractivity contribution in [2.45, 2.75) is 58.1 Å². The van der Waals surface area contributed by atoms with Crippen molar-refractivity contribution in [3.8, 4) is 11.8 Å². The maximum Gasteiger partial charge on any atom is 0.223 e. The van der Waals surface area contributed by atoms with E-state index in [1.807, 2.05) is 13.8 Å². The average molecular weight is 265 g/mol. The van der Waals surface area contributed by atoms with Crippen LogP contribution in [-0.2, 0) is 0 Å². The molecule has 1 aliphatic rings. The first kappa shape index (κ1) is 14.1. The van der Waals surface area contributed by atoms with Crippen LogP contribution in [0.15, 0.2) is 6.33 Å². The zero-order chi connectivity index (χ0) is 13.7. The predicted octanol–water partition coefficient (Wildman–Crippen LogP) is 2.22. The lowest BCUT2D eigenvalue weighted by Gasteiger charge is -2.23. The molecular weight excluding hydrogens is 242 g/mol. The van der Waals surface area contributed by atoms with E-state index in [2.05, 4.69) is 9.97 Å². The highest BCUT2D eigenvalue weighted by Crippen LogP contribution is 2.26. The minimum atomic E-state index is 0.0468. The van der Waals surface area contributed by atoms with Gasteiger partial charge in [-0.2, -0.15) is 0 Å². The quantitative estimate of drug-likeness (QED) is 0.845. The lowest BCUT2D eigenvalue weighted by atomic mass is 10.1. The number of hydrogen-bond donors (Lipinski definition) is 1. The lowest BCUT2D eigenvalue weighted by molar-refractivity contribution is 0.153. The first-order chi connectivity index (χ1) is 9.22. The second kappa shape index (κ2) is 6.70. The van der Waals surface area contributed by atoms with E-state index in [0.29, 0.717) is 18.4 Å². The van der Waals surface area contributed by atoms with E-state index in [9.17, 15) is 0 Å². The van der Waals surface area contributed by atoms with Crippen LogP contribution < -0.4 is 15.2 Å². The highest BCUT2D eigenvalue weighted by Gasteiger charge is 2.23. The molecule has 19 heavy (non-hydrogen) atoms. The van der Waals surface area contributed by atoms with Gasteiger partial charge in [0.15, 0.2) is 0 Å². The van der Waals surface area contributed by atoms with Crippen molar-refractivity contribution in [1.29, 1.82) is 0 Å². The minimum Gasteiger partial charge on any atom is -0.478 e. The monoisotopic (exact) mass is 265 g/mol. The van der Waals surface area contributed by atoms with Crippen molar-refractivity contribution in [3.63, 3.8) is 0 Å². The smallest absolute Gasteiger partial charge is 0.223 e. The Labute approximate surface area is 114 Å². The van der Waals surface area contributed by atoms with Gasteiger partial charge < -0.3 is 15.2 Å². The molecule has 1 aromatic rings. The number of hydrogen-bond acceptors (Lipinski definition) is 5. The van der Waals surface area contributed by atoms with Crippen LogP contribution in [0, 0.1) is 6.92 Å². The summed E-state index contributed by atoms with van der Waals surface area (Å²) < 4.78 is 11.5. The van der Waals surface area contributed by atoms with E-state index in [-0.39, 0.29) is 12.1 Å². The van der Waals surface area contributed by atoms with Crippen LogP contribution >= 0.6 is 0 Å². The second-order valence-electron chi connectivity index (χ2n) is 5.00. The standard InChI is InChI=1S/C14H23N3O2/c1-3-18-13-10(2)14(17-9-16-13)19-12-8-6-4-5-7-11(12)15/h9,11-12H,3-8,15H2,1-2H3. The fourth-order valence-corrected chi connectivity index (χ4v) is 2.41. The SMILES string of the molecule is CCOc1ncnc(OC2CCCCCC2N)c1C. The van der Waals surface area contributed by atoms with Gasteiger partial charge in [0.25, 0.3) is 0 Å². The van der Waals surface area contributed by atoms with Gasteiger partial charge in [0.1, 0.15) is 12.4 Å². The van der Waals surface area contributed by atoms with Gasteiger partial charge in [-0.25, -0.2) is 9.97 Å². The fourth-order valence-electron chi connectivity index (χ4n) is 2.41. The van der Waals surface area contributed by atoms with Gasteiger partial charge in [0.2, 0.25) is 11.8 Å². The Morgan fingerprint density at radius 3 is 2.74 bits per heavy atom. The Hall–Kier alpha value is -1.36. The summed E-state index contributed by atoms with van der Waals surface area (Å²) in [5.41, 5.74) is 7.02. The van der Waals surface area contributed by atoms with E-state index in [1.165, 1.54) is 25.6 Å². The predicted molar refractivity (Wildman–Crippen MR) is 73.4 cm³/mol. The fraction of sp³-hybridized carbons (Fsp3) is 0.714. The molecular formula is C14H23N3O2. The molecule has 1 fully saturated rings. The first-order valence-electron chi connectivity index (χ1n) is 7.09. The molecule has 0 radical (unpaired) electrons. The van der Waals surface area contributed by atoms with E-state index in [4.69, 9.17) is 15.2 Å². The van der Waals surface area contributed by atoms with Crippen LogP contribution in [0.25, 0.3) is 0 Å². The zero-order valence-corrected chi connectivity index (χ0v) is 11.8. The third-order valence-electron chi connectivity index (χ3n) is 3.54. The highest BCUT2D eigenvalue weighted by atomic mass is 16.5. The molecule has 2 atom stereocenters. The second-order valence-corrected chi connectivity index (χ2v) is 5.00. The van der Waals surface area contributed by atoms with Crippen molar-refractivity contribution < 1.29 is 9.47 Å². The van der Waals surface area contributed by atoms with Crippen LogP contribution in [0.5, 0.6) is 11.8 Å². The molecule has 2 unspecified atom stereocenters. The Bertz CT molecular complexity index is 412. The van der Waals surface area contributed by atoms with E-state index >= 15 is 0 Å². The Morgan fingerprint density at radius 2 is 1.95 bits per heavy atom. The number of aromatic nitrogens is 2. The molecule has 1 aromatic heterocycles. The third-order valence-corrected chi connectivity index (χ3v) is 3.54. The van der Waals surface area contributed by atoms with Crippen molar-refractivity contribution in [1.82, 2.24) is 9.97 Å². The summed E-state index contributed by atoms with van der Waals surface area (Å²) in [4.78, 5) is 8.33. The average Bonchev–Trinajstić information content (AvgIpc) is 2.60. The molecule has 0 aromatic carbocycles. The van der Waals surface area contributed by atoms with Gasteiger partial charge >= 0.3 is 0 Å². The number of nitrogens with two attached hydrogens (primary N) is 1. The molecule has 106 valence electrons. The molecule has 0 spiro atoms. The molecule has 1 heterocycles. The molecule has 1 aliphatic carbocycles. The molecule has 0 bridgehead atoms. The van der Waals surface area contributed by atoms with Gasteiger partial charge in [-0.15, -0.1) is 0 Å². The normalized spacial score (nSPS) is 23.7. The lowest BCUT2D eigenvalue weighted by Crippen LogP contribution is -2.38. The Morgan fingerprint density at radius 1 is 1.21 bits per heavy atom. The number of ether oxygens (including phenoxy) is 2. The van der Waals surface area contributed by atoms with Crippen LogP contribution in [0.1, 0.15) is 44.6 Å². The summed E-state index contributed by atoms with van der Waals surface area (Å²) in [5, 5.41) is 0. The third kappa shape index (κ3) is 3.56. The van der Waals surface area contributed by atoms with E-state index in [1.54, 1.807) is 0 Å². The largest absolute Gasteiger partial charge is 0.478 e. The van der Waals surface area contributed by atoms with Crippen molar-refractivity contribution in [2.24, 2.45) is 5.73 Å². The molecule has 5 heteroatoms. The van der Waals surface area contributed by atoms with Crippen molar-refractivity contribution >= 4 is 0 Å². The Kier molecular flexibility index (Phi) is 4.96. The number of nitrogens with zero attached hydrogens (tertiary/aromatic N) is 2. The van der Waals surface area contributed by atoms with E-state index in [0.717, 1.165) is 18.4 Å². The van der Waals surface area contributed by atoms with Crippen LogP contribution in [0.2, 0.25) is 0 Å². The Balaban J connectivity index is 2.11. The van der Waals surface area contributed by atoms with Crippen LogP contribution in [0.4, 0.5) is 0 Å². The summed E-state index contributed by atoms with van der Waals surface area (Å²) in [6.45, 7) is 4.44.